The number of nitrogens with one attached hydrogen (secondary N) is 2. The average Bonchev–Trinajstić information content (AvgIpc) is 2.27. The second kappa shape index (κ2) is 6.73. The van der Waals surface area contributed by atoms with Crippen molar-refractivity contribution in [2.75, 3.05) is 13.1 Å². The summed E-state index contributed by atoms with van der Waals surface area (Å²) in [6, 6.07) is -0.838. The normalized spacial score (nSPS) is 20.1. The van der Waals surface area contributed by atoms with E-state index in [1.165, 1.54) is 39.0 Å². The fraction of sp³-hybridized carbons (Fsp3) is 0.846. The van der Waals surface area contributed by atoms with Crippen LogP contribution in [0.15, 0.2) is 0 Å². The van der Waals surface area contributed by atoms with Crippen LogP contribution in [0, 0.1) is 5.41 Å². The maximum Gasteiger partial charge on any atom is 0.327 e. The van der Waals surface area contributed by atoms with Gasteiger partial charge in [-0.3, -0.25) is 4.79 Å². The number of carboxylic acids is 1. The van der Waals surface area contributed by atoms with Gasteiger partial charge in [-0.05, 0) is 18.3 Å². The van der Waals surface area contributed by atoms with E-state index in [0.29, 0.717) is 0 Å². The highest BCUT2D eigenvalue weighted by atomic mass is 16.4. The molecule has 0 heterocycles. The van der Waals surface area contributed by atoms with Crippen molar-refractivity contribution < 1.29 is 14.7 Å². The highest BCUT2D eigenvalue weighted by molar-refractivity contribution is 5.82. The molecule has 0 aromatic carbocycles. The third-order valence-electron chi connectivity index (χ3n) is 3.64. The summed E-state index contributed by atoms with van der Waals surface area (Å²) in [5.74, 6) is -1.31. The van der Waals surface area contributed by atoms with Gasteiger partial charge in [0, 0.05) is 20.0 Å². The lowest BCUT2D eigenvalue weighted by atomic mass is 9.76. The summed E-state index contributed by atoms with van der Waals surface area (Å²) in [5.41, 5.74) is 0.275. The molecule has 3 N–H and O–H groups in total. The minimum atomic E-state index is -0.994. The molecule has 0 bridgehead atoms. The van der Waals surface area contributed by atoms with E-state index >= 15 is 0 Å². The predicted octanol–water partition coefficient (Wildman–Crippen LogP) is 1.14. The Morgan fingerprint density at radius 2 is 1.89 bits per heavy atom. The van der Waals surface area contributed by atoms with Crippen molar-refractivity contribution in [3.05, 3.63) is 0 Å². The van der Waals surface area contributed by atoms with E-state index in [1.54, 1.807) is 0 Å². The smallest absolute Gasteiger partial charge is 0.327 e. The molecule has 104 valence electrons. The van der Waals surface area contributed by atoms with E-state index in [1.807, 2.05) is 0 Å². The summed E-state index contributed by atoms with van der Waals surface area (Å²) in [7, 11) is 0. The van der Waals surface area contributed by atoms with Crippen molar-refractivity contribution in [2.24, 2.45) is 5.41 Å². The molecule has 1 saturated carbocycles. The second-order valence-electron chi connectivity index (χ2n) is 5.59. The van der Waals surface area contributed by atoms with Crippen LogP contribution >= 0.6 is 0 Å². The fourth-order valence-electron chi connectivity index (χ4n) is 2.55. The zero-order chi connectivity index (χ0) is 13.6. The lowest BCUT2D eigenvalue weighted by Crippen LogP contribution is -2.48. The van der Waals surface area contributed by atoms with Crippen LogP contribution in [0.2, 0.25) is 0 Å². The van der Waals surface area contributed by atoms with Crippen LogP contribution in [-0.4, -0.2) is 36.1 Å². The largest absolute Gasteiger partial charge is 0.480 e. The summed E-state index contributed by atoms with van der Waals surface area (Å²) >= 11 is 0. The van der Waals surface area contributed by atoms with Gasteiger partial charge in [0.2, 0.25) is 5.91 Å². The van der Waals surface area contributed by atoms with Gasteiger partial charge in [-0.25, -0.2) is 4.79 Å². The average molecular weight is 256 g/mol. The molecule has 18 heavy (non-hydrogen) atoms. The van der Waals surface area contributed by atoms with Gasteiger partial charge in [0.05, 0.1) is 0 Å². The van der Waals surface area contributed by atoms with Crippen LogP contribution < -0.4 is 10.6 Å². The molecule has 0 saturated heterocycles. The van der Waals surface area contributed by atoms with Crippen molar-refractivity contribution in [3.8, 4) is 0 Å². The van der Waals surface area contributed by atoms with Gasteiger partial charge in [0.1, 0.15) is 6.04 Å². The minimum Gasteiger partial charge on any atom is -0.480 e. The fourth-order valence-corrected chi connectivity index (χ4v) is 2.55. The molecule has 0 aromatic heterocycles. The van der Waals surface area contributed by atoms with Gasteiger partial charge in [-0.1, -0.05) is 26.2 Å². The quantitative estimate of drug-likeness (QED) is 0.666. The summed E-state index contributed by atoms with van der Waals surface area (Å²) < 4.78 is 0. The van der Waals surface area contributed by atoms with Crippen LogP contribution in [0.25, 0.3) is 0 Å². The molecule has 1 rings (SSSR count). The van der Waals surface area contributed by atoms with Crippen LogP contribution in [0.1, 0.15) is 46.0 Å². The first-order chi connectivity index (χ1) is 8.43. The first kappa shape index (κ1) is 15.0. The number of hydrogen-bond donors (Lipinski definition) is 3. The standard InChI is InChI=1S/C13H24N2O3/c1-10(16)15-11(12(17)18)8-14-9-13(2)6-4-3-5-7-13/h11,14H,3-9H2,1-2H3,(H,15,16)(H,17,18). The third kappa shape index (κ3) is 5.04. The monoisotopic (exact) mass is 256 g/mol. The maximum atomic E-state index is 10.9. The van der Waals surface area contributed by atoms with Gasteiger partial charge in [0.25, 0.3) is 0 Å². The molecule has 0 aliphatic heterocycles. The molecular formula is C13H24N2O3. The first-order valence-electron chi connectivity index (χ1n) is 6.64. The molecule has 0 radical (unpaired) electrons. The first-order valence-corrected chi connectivity index (χ1v) is 6.64. The Kier molecular flexibility index (Phi) is 5.59. The second-order valence-corrected chi connectivity index (χ2v) is 5.59. The number of aliphatic carboxylic acids is 1. The topological polar surface area (TPSA) is 78.4 Å². The number of hydrogen-bond acceptors (Lipinski definition) is 3. The molecule has 1 fully saturated rings. The predicted molar refractivity (Wildman–Crippen MR) is 69.3 cm³/mol. The lowest BCUT2D eigenvalue weighted by molar-refractivity contribution is -0.141. The van der Waals surface area contributed by atoms with E-state index in [4.69, 9.17) is 5.11 Å². The van der Waals surface area contributed by atoms with Crippen molar-refractivity contribution in [3.63, 3.8) is 0 Å². The molecule has 5 nitrogen and oxygen atoms in total. The number of carbonyl (C=O) groups excluding carboxylic acids is 1. The summed E-state index contributed by atoms with van der Waals surface area (Å²) in [6.45, 7) is 4.67. The van der Waals surface area contributed by atoms with Gasteiger partial charge < -0.3 is 15.7 Å². The summed E-state index contributed by atoms with van der Waals surface area (Å²) in [4.78, 5) is 21.8. The van der Waals surface area contributed by atoms with Crippen molar-refractivity contribution in [1.29, 1.82) is 0 Å². The van der Waals surface area contributed by atoms with Gasteiger partial charge in [0.15, 0.2) is 0 Å². The van der Waals surface area contributed by atoms with Crippen LogP contribution in [0.5, 0.6) is 0 Å². The number of carboxylic acid groups (broad SMARTS) is 1. The number of rotatable bonds is 6. The zero-order valence-corrected chi connectivity index (χ0v) is 11.3. The van der Waals surface area contributed by atoms with E-state index in [2.05, 4.69) is 17.6 Å². The molecule has 5 heteroatoms. The van der Waals surface area contributed by atoms with E-state index in [-0.39, 0.29) is 17.9 Å². The Bertz CT molecular complexity index is 299. The SMILES string of the molecule is CC(=O)NC(CNCC1(C)CCCCC1)C(=O)O. The zero-order valence-electron chi connectivity index (χ0n) is 11.3. The van der Waals surface area contributed by atoms with Crippen LogP contribution in [-0.2, 0) is 9.59 Å². The number of carbonyl (C=O) groups is 2. The molecule has 0 spiro atoms. The molecule has 1 amide bonds. The Labute approximate surface area is 108 Å². The Balaban J connectivity index is 2.33. The summed E-state index contributed by atoms with van der Waals surface area (Å²) in [6.07, 6.45) is 6.20. The Hall–Kier alpha value is -1.10. The minimum absolute atomic E-state index is 0.275. The summed E-state index contributed by atoms with van der Waals surface area (Å²) in [5, 5.41) is 14.6. The number of amides is 1. The highest BCUT2D eigenvalue weighted by Crippen LogP contribution is 2.34. The highest BCUT2D eigenvalue weighted by Gasteiger charge is 2.27. The van der Waals surface area contributed by atoms with Gasteiger partial charge in [-0.15, -0.1) is 0 Å². The molecule has 0 aromatic rings. The van der Waals surface area contributed by atoms with Crippen LogP contribution in [0.3, 0.4) is 0 Å². The van der Waals surface area contributed by atoms with E-state index in [0.717, 1.165) is 6.54 Å². The molecular weight excluding hydrogens is 232 g/mol. The Morgan fingerprint density at radius 3 is 2.39 bits per heavy atom. The molecule has 1 unspecified atom stereocenters. The van der Waals surface area contributed by atoms with Crippen molar-refractivity contribution in [2.45, 2.75) is 52.0 Å². The molecule has 1 atom stereocenters. The molecule has 1 aliphatic carbocycles. The van der Waals surface area contributed by atoms with Gasteiger partial charge >= 0.3 is 5.97 Å². The van der Waals surface area contributed by atoms with E-state index in [9.17, 15) is 9.59 Å². The van der Waals surface area contributed by atoms with Crippen molar-refractivity contribution >= 4 is 11.9 Å². The van der Waals surface area contributed by atoms with E-state index < -0.39 is 12.0 Å². The van der Waals surface area contributed by atoms with Crippen LogP contribution in [0.4, 0.5) is 0 Å². The Morgan fingerprint density at radius 1 is 1.28 bits per heavy atom. The van der Waals surface area contributed by atoms with Gasteiger partial charge in [-0.2, -0.15) is 0 Å². The van der Waals surface area contributed by atoms with Crippen molar-refractivity contribution in [1.82, 2.24) is 10.6 Å². The maximum absolute atomic E-state index is 10.9. The third-order valence-corrected chi connectivity index (χ3v) is 3.64. The molecule has 1 aliphatic rings. The lowest BCUT2D eigenvalue weighted by Gasteiger charge is -2.34.